The van der Waals surface area contributed by atoms with E-state index in [0.29, 0.717) is 24.1 Å². The number of hydrogen-bond acceptors (Lipinski definition) is 2. The Hall–Kier alpha value is -1.78. The lowest BCUT2D eigenvalue weighted by Gasteiger charge is -2.07. The van der Waals surface area contributed by atoms with Crippen molar-refractivity contribution in [2.45, 2.75) is 26.9 Å². The summed E-state index contributed by atoms with van der Waals surface area (Å²) in [6.07, 6.45) is 1.68. The summed E-state index contributed by atoms with van der Waals surface area (Å²) in [4.78, 5) is 26.6. The number of rotatable bonds is 2. The predicted octanol–water partition coefficient (Wildman–Crippen LogP) is 0.531. The summed E-state index contributed by atoms with van der Waals surface area (Å²) >= 11 is 0. The molecule has 2 aromatic rings. The molecule has 0 aliphatic rings. The van der Waals surface area contributed by atoms with Gasteiger partial charge in [0, 0.05) is 19.3 Å². The average molecular weight is 207 g/mol. The van der Waals surface area contributed by atoms with Gasteiger partial charge < -0.3 is 4.98 Å². The van der Waals surface area contributed by atoms with Crippen LogP contribution in [0.1, 0.15) is 13.8 Å². The molecule has 0 unspecified atom stereocenters. The second-order valence-corrected chi connectivity index (χ2v) is 3.31. The van der Waals surface area contributed by atoms with Gasteiger partial charge in [-0.25, -0.2) is 4.79 Å². The molecule has 5 nitrogen and oxygen atoms in total. The Morgan fingerprint density at radius 1 is 1.20 bits per heavy atom. The van der Waals surface area contributed by atoms with Crippen LogP contribution in [0.3, 0.4) is 0 Å². The quantitative estimate of drug-likeness (QED) is 0.781. The number of H-pyrrole nitrogens is 1. The number of hydrogen-bond donors (Lipinski definition) is 1. The highest BCUT2D eigenvalue weighted by molar-refractivity contribution is 5.74. The number of aryl methyl sites for hydroxylation is 1. The van der Waals surface area contributed by atoms with E-state index < -0.39 is 0 Å². The standard InChI is InChI=1S/C10H13N3O2/c1-3-12-7-5-6-11-8(7)9(14)13(4-2)10(12)15/h5-6,11H,3-4H2,1-2H3. The lowest BCUT2D eigenvalue weighted by molar-refractivity contribution is 0.608. The van der Waals surface area contributed by atoms with Crippen molar-refractivity contribution in [1.82, 2.24) is 14.1 Å². The van der Waals surface area contributed by atoms with Crippen molar-refractivity contribution in [1.29, 1.82) is 0 Å². The van der Waals surface area contributed by atoms with E-state index in [-0.39, 0.29) is 11.2 Å². The van der Waals surface area contributed by atoms with Crippen LogP contribution in [-0.4, -0.2) is 14.1 Å². The molecule has 0 aromatic carbocycles. The minimum absolute atomic E-state index is 0.239. The van der Waals surface area contributed by atoms with E-state index in [1.807, 2.05) is 6.92 Å². The molecule has 15 heavy (non-hydrogen) atoms. The number of nitrogens with one attached hydrogen (secondary N) is 1. The monoisotopic (exact) mass is 207 g/mol. The van der Waals surface area contributed by atoms with E-state index in [0.717, 1.165) is 0 Å². The maximum absolute atomic E-state index is 11.9. The van der Waals surface area contributed by atoms with Gasteiger partial charge in [0.25, 0.3) is 5.56 Å². The summed E-state index contributed by atoms with van der Waals surface area (Å²) in [5, 5.41) is 0. The van der Waals surface area contributed by atoms with E-state index >= 15 is 0 Å². The fraction of sp³-hybridized carbons (Fsp3) is 0.400. The van der Waals surface area contributed by atoms with Crippen LogP contribution in [0.25, 0.3) is 11.0 Å². The molecule has 0 aliphatic heterocycles. The van der Waals surface area contributed by atoms with Gasteiger partial charge in [0.1, 0.15) is 5.52 Å². The molecule has 2 aromatic heterocycles. The molecule has 5 heteroatoms. The van der Waals surface area contributed by atoms with Crippen molar-refractivity contribution in [3.63, 3.8) is 0 Å². The van der Waals surface area contributed by atoms with Gasteiger partial charge in [-0.15, -0.1) is 0 Å². The van der Waals surface area contributed by atoms with Crippen molar-refractivity contribution < 1.29 is 0 Å². The van der Waals surface area contributed by atoms with Gasteiger partial charge in [0.2, 0.25) is 0 Å². The molecule has 0 atom stereocenters. The molecule has 80 valence electrons. The van der Waals surface area contributed by atoms with Crippen LogP contribution in [0.5, 0.6) is 0 Å². The Morgan fingerprint density at radius 3 is 2.47 bits per heavy atom. The summed E-state index contributed by atoms with van der Waals surface area (Å²) in [5.74, 6) is 0. The van der Waals surface area contributed by atoms with Gasteiger partial charge in [-0.3, -0.25) is 13.9 Å². The lowest BCUT2D eigenvalue weighted by Crippen LogP contribution is -2.39. The highest BCUT2D eigenvalue weighted by atomic mass is 16.2. The molecule has 0 saturated heterocycles. The van der Waals surface area contributed by atoms with E-state index in [9.17, 15) is 9.59 Å². The second kappa shape index (κ2) is 3.42. The van der Waals surface area contributed by atoms with E-state index in [4.69, 9.17) is 0 Å². The predicted molar refractivity (Wildman–Crippen MR) is 58.2 cm³/mol. The fourth-order valence-electron chi connectivity index (χ4n) is 1.81. The van der Waals surface area contributed by atoms with E-state index in [1.54, 1.807) is 23.8 Å². The summed E-state index contributed by atoms with van der Waals surface area (Å²) in [6, 6.07) is 1.75. The molecule has 0 fully saturated rings. The molecule has 0 saturated carbocycles. The first-order chi connectivity index (χ1) is 7.20. The Bertz CT molecular complexity index is 603. The normalized spacial score (nSPS) is 11.1. The molecule has 0 radical (unpaired) electrons. The minimum Gasteiger partial charge on any atom is -0.355 e. The van der Waals surface area contributed by atoms with Crippen molar-refractivity contribution in [3.8, 4) is 0 Å². The number of fused-ring (bicyclic) bond motifs is 1. The minimum atomic E-state index is -0.243. The topological polar surface area (TPSA) is 59.8 Å². The van der Waals surface area contributed by atoms with Gasteiger partial charge in [0.05, 0.1) is 5.52 Å². The Balaban J connectivity index is 3.04. The SMILES string of the molecule is CCn1c(=O)c2[nH]ccc2n(CC)c1=O. The summed E-state index contributed by atoms with van der Waals surface area (Å²) in [7, 11) is 0. The Morgan fingerprint density at radius 2 is 1.87 bits per heavy atom. The van der Waals surface area contributed by atoms with Crippen molar-refractivity contribution in [2.24, 2.45) is 0 Å². The Labute approximate surface area is 86.0 Å². The molecule has 0 spiro atoms. The van der Waals surface area contributed by atoms with Crippen LogP contribution >= 0.6 is 0 Å². The van der Waals surface area contributed by atoms with Gasteiger partial charge in [-0.1, -0.05) is 0 Å². The first-order valence-electron chi connectivity index (χ1n) is 5.01. The third-order valence-corrected chi connectivity index (χ3v) is 2.57. The average Bonchev–Trinajstić information content (AvgIpc) is 2.68. The third kappa shape index (κ3) is 1.23. The largest absolute Gasteiger partial charge is 0.355 e. The van der Waals surface area contributed by atoms with Gasteiger partial charge >= 0.3 is 5.69 Å². The summed E-state index contributed by atoms with van der Waals surface area (Å²) in [6.45, 7) is 4.63. The zero-order chi connectivity index (χ0) is 11.0. The van der Waals surface area contributed by atoms with Crippen LogP contribution in [0.4, 0.5) is 0 Å². The summed E-state index contributed by atoms with van der Waals surface area (Å²) < 4.78 is 2.83. The Kier molecular flexibility index (Phi) is 2.22. The van der Waals surface area contributed by atoms with Crippen molar-refractivity contribution >= 4 is 11.0 Å². The van der Waals surface area contributed by atoms with Crippen LogP contribution in [0.2, 0.25) is 0 Å². The maximum Gasteiger partial charge on any atom is 0.331 e. The molecule has 2 heterocycles. The third-order valence-electron chi connectivity index (χ3n) is 2.57. The second-order valence-electron chi connectivity index (χ2n) is 3.31. The van der Waals surface area contributed by atoms with Gasteiger partial charge in [0.15, 0.2) is 0 Å². The van der Waals surface area contributed by atoms with Crippen molar-refractivity contribution in [2.75, 3.05) is 0 Å². The van der Waals surface area contributed by atoms with Gasteiger partial charge in [-0.05, 0) is 19.9 Å². The van der Waals surface area contributed by atoms with Crippen LogP contribution in [0, 0.1) is 0 Å². The number of aromatic nitrogens is 3. The zero-order valence-electron chi connectivity index (χ0n) is 8.78. The molecular weight excluding hydrogens is 194 g/mol. The molecule has 0 bridgehead atoms. The van der Waals surface area contributed by atoms with Crippen molar-refractivity contribution in [3.05, 3.63) is 33.1 Å². The highest BCUT2D eigenvalue weighted by Gasteiger charge is 2.10. The van der Waals surface area contributed by atoms with Crippen LogP contribution in [0.15, 0.2) is 21.9 Å². The molecule has 2 rings (SSSR count). The number of nitrogens with zero attached hydrogens (tertiary/aromatic N) is 2. The van der Waals surface area contributed by atoms with Crippen LogP contribution in [-0.2, 0) is 13.1 Å². The van der Waals surface area contributed by atoms with E-state index in [2.05, 4.69) is 4.98 Å². The fourth-order valence-corrected chi connectivity index (χ4v) is 1.81. The first kappa shape index (κ1) is 9.76. The number of aromatic amines is 1. The highest BCUT2D eigenvalue weighted by Crippen LogP contribution is 2.04. The molecular formula is C10H13N3O2. The van der Waals surface area contributed by atoms with E-state index in [1.165, 1.54) is 4.57 Å². The molecule has 0 amide bonds. The zero-order valence-corrected chi connectivity index (χ0v) is 8.78. The van der Waals surface area contributed by atoms with Crippen LogP contribution < -0.4 is 11.2 Å². The maximum atomic E-state index is 11.9. The van der Waals surface area contributed by atoms with Gasteiger partial charge in [-0.2, -0.15) is 0 Å². The first-order valence-corrected chi connectivity index (χ1v) is 5.01. The molecule has 0 aliphatic carbocycles. The lowest BCUT2D eigenvalue weighted by atomic mass is 10.4. The summed E-state index contributed by atoms with van der Waals surface area (Å²) in [5.41, 5.74) is 0.694. The molecule has 1 N–H and O–H groups in total. The smallest absolute Gasteiger partial charge is 0.331 e.